The zero-order chi connectivity index (χ0) is 11.0. The van der Waals surface area contributed by atoms with E-state index in [0.717, 1.165) is 0 Å². The van der Waals surface area contributed by atoms with Crippen LogP contribution in [-0.4, -0.2) is 18.2 Å². The van der Waals surface area contributed by atoms with Gasteiger partial charge in [-0.15, -0.1) is 0 Å². The quantitative estimate of drug-likeness (QED) is 0.541. The fourth-order valence-electron chi connectivity index (χ4n) is 0.686. The van der Waals surface area contributed by atoms with Crippen molar-refractivity contribution in [3.63, 3.8) is 0 Å². The second kappa shape index (κ2) is 6.09. The number of hydrogen-bond donors (Lipinski definition) is 1. The van der Waals surface area contributed by atoms with Gasteiger partial charge in [0.25, 0.3) is 0 Å². The summed E-state index contributed by atoms with van der Waals surface area (Å²) in [5.74, 6) is 5.51. The highest BCUT2D eigenvalue weighted by Gasteiger charge is 2.14. The number of carbonyl (C=O) groups is 1. The molecule has 0 rings (SSSR count). The predicted octanol–water partition coefficient (Wildman–Crippen LogP) is 2.09. The molecule has 0 aliphatic heterocycles. The Balaban J connectivity index is 3.60. The first kappa shape index (κ1) is 12.6. The van der Waals surface area contributed by atoms with Crippen molar-refractivity contribution in [1.82, 2.24) is 5.32 Å². The van der Waals surface area contributed by atoms with Crippen LogP contribution in [-0.2, 0) is 4.74 Å². The van der Waals surface area contributed by atoms with E-state index in [0.29, 0.717) is 13.0 Å². The number of ether oxygens (including phenoxy) is 1. The van der Waals surface area contributed by atoms with E-state index in [4.69, 9.17) is 4.74 Å². The van der Waals surface area contributed by atoms with Crippen LogP contribution in [0.25, 0.3) is 0 Å². The Morgan fingerprint density at radius 1 is 1.57 bits per heavy atom. The number of amides is 1. The Hall–Kier alpha value is -1.43. The van der Waals surface area contributed by atoms with Crippen molar-refractivity contribution >= 4 is 6.09 Å². The molecule has 0 aliphatic rings. The zero-order valence-electron chi connectivity index (χ0n) is 9.02. The molecule has 14 heavy (non-hydrogen) atoms. The van der Waals surface area contributed by atoms with E-state index < -0.39 is 11.7 Å². The summed E-state index contributed by atoms with van der Waals surface area (Å²) in [6.07, 6.45) is 1.72. The predicted molar refractivity (Wildman–Crippen MR) is 56.8 cm³/mol. The van der Waals surface area contributed by atoms with E-state index in [-0.39, 0.29) is 0 Å². The normalized spacial score (nSPS) is 9.64. The van der Waals surface area contributed by atoms with Crippen LogP contribution in [0.1, 0.15) is 27.2 Å². The molecule has 0 atom stereocenters. The molecule has 0 aromatic carbocycles. The molecule has 0 spiro atoms. The van der Waals surface area contributed by atoms with E-state index in [2.05, 4.69) is 23.7 Å². The van der Waals surface area contributed by atoms with Crippen LogP contribution in [0.4, 0.5) is 4.79 Å². The van der Waals surface area contributed by atoms with E-state index in [1.807, 2.05) is 20.8 Å². The molecule has 0 fully saturated rings. The number of carbonyl (C=O) groups excluding carboxylic acids is 1. The Labute approximate surface area is 85.5 Å². The van der Waals surface area contributed by atoms with Crippen molar-refractivity contribution in [2.75, 3.05) is 6.54 Å². The third-order valence-corrected chi connectivity index (χ3v) is 1.12. The third kappa shape index (κ3) is 8.66. The van der Waals surface area contributed by atoms with Gasteiger partial charge in [-0.2, -0.15) is 0 Å². The molecule has 0 heterocycles. The van der Waals surface area contributed by atoms with Gasteiger partial charge in [-0.05, 0) is 26.8 Å². The molecular formula is C11H17NO2. The molecule has 0 aromatic rings. The molecule has 3 nitrogen and oxygen atoms in total. The first-order chi connectivity index (χ1) is 6.45. The average Bonchev–Trinajstić information content (AvgIpc) is 2.00. The van der Waals surface area contributed by atoms with E-state index >= 15 is 0 Å². The molecule has 1 amide bonds. The summed E-state index contributed by atoms with van der Waals surface area (Å²) in [5, 5.41) is 2.60. The van der Waals surface area contributed by atoms with Gasteiger partial charge in [0.2, 0.25) is 0 Å². The lowest BCUT2D eigenvalue weighted by Crippen LogP contribution is -2.32. The molecule has 0 bridgehead atoms. The lowest BCUT2D eigenvalue weighted by Gasteiger charge is -2.19. The summed E-state index contributed by atoms with van der Waals surface area (Å²) in [6, 6.07) is 0. The zero-order valence-corrected chi connectivity index (χ0v) is 9.02. The summed E-state index contributed by atoms with van der Waals surface area (Å²) < 4.78 is 5.03. The summed E-state index contributed by atoms with van der Waals surface area (Å²) in [5.41, 5.74) is -0.448. The van der Waals surface area contributed by atoms with Gasteiger partial charge >= 0.3 is 6.09 Å². The van der Waals surface area contributed by atoms with Gasteiger partial charge in [0.1, 0.15) is 5.60 Å². The van der Waals surface area contributed by atoms with Gasteiger partial charge in [0, 0.05) is 13.0 Å². The third-order valence-electron chi connectivity index (χ3n) is 1.12. The van der Waals surface area contributed by atoms with Crippen molar-refractivity contribution in [2.24, 2.45) is 0 Å². The Morgan fingerprint density at radius 3 is 2.71 bits per heavy atom. The summed E-state index contributed by atoms with van der Waals surface area (Å²) in [4.78, 5) is 11.1. The van der Waals surface area contributed by atoms with Crippen LogP contribution < -0.4 is 5.32 Å². The van der Waals surface area contributed by atoms with Crippen LogP contribution in [0.3, 0.4) is 0 Å². The fraction of sp³-hybridized carbons (Fsp3) is 0.545. The minimum Gasteiger partial charge on any atom is -0.444 e. The van der Waals surface area contributed by atoms with Gasteiger partial charge in [-0.1, -0.05) is 18.4 Å². The number of nitrogens with one attached hydrogen (secondary N) is 1. The summed E-state index contributed by atoms with van der Waals surface area (Å²) in [6.45, 7) is 9.42. The van der Waals surface area contributed by atoms with Gasteiger partial charge in [0.15, 0.2) is 0 Å². The van der Waals surface area contributed by atoms with Crippen molar-refractivity contribution in [3.8, 4) is 11.8 Å². The van der Waals surface area contributed by atoms with Crippen LogP contribution in [0.15, 0.2) is 12.7 Å². The average molecular weight is 195 g/mol. The lowest BCUT2D eigenvalue weighted by molar-refractivity contribution is 0.0529. The summed E-state index contributed by atoms with van der Waals surface area (Å²) >= 11 is 0. The maximum absolute atomic E-state index is 11.1. The molecule has 78 valence electrons. The highest BCUT2D eigenvalue weighted by Crippen LogP contribution is 2.05. The van der Waals surface area contributed by atoms with Crippen LogP contribution >= 0.6 is 0 Å². The lowest BCUT2D eigenvalue weighted by atomic mass is 10.2. The van der Waals surface area contributed by atoms with E-state index in [1.54, 1.807) is 0 Å². The Bertz CT molecular complexity index is 253. The molecule has 0 radical (unpaired) electrons. The standard InChI is InChI=1S/C11H17NO2/c1-5-6-7-8-9-12-10(13)14-11(2,3)4/h5H,1,8-9H2,2-4H3,(H,12,13). The van der Waals surface area contributed by atoms with Crippen LogP contribution in [0.5, 0.6) is 0 Å². The van der Waals surface area contributed by atoms with E-state index in [1.165, 1.54) is 6.08 Å². The van der Waals surface area contributed by atoms with Gasteiger partial charge in [-0.25, -0.2) is 4.79 Å². The molecular weight excluding hydrogens is 178 g/mol. The maximum atomic E-state index is 11.1. The van der Waals surface area contributed by atoms with Crippen LogP contribution in [0.2, 0.25) is 0 Å². The van der Waals surface area contributed by atoms with Gasteiger partial charge < -0.3 is 10.1 Å². The summed E-state index contributed by atoms with van der Waals surface area (Å²) in [7, 11) is 0. The maximum Gasteiger partial charge on any atom is 0.407 e. The number of rotatable bonds is 2. The molecule has 0 saturated heterocycles. The highest BCUT2D eigenvalue weighted by molar-refractivity contribution is 5.67. The first-order valence-electron chi connectivity index (χ1n) is 4.52. The second-order valence-electron chi connectivity index (χ2n) is 3.70. The number of alkyl carbamates (subject to hydrolysis) is 1. The van der Waals surface area contributed by atoms with Crippen molar-refractivity contribution < 1.29 is 9.53 Å². The highest BCUT2D eigenvalue weighted by atomic mass is 16.6. The van der Waals surface area contributed by atoms with Crippen molar-refractivity contribution in [1.29, 1.82) is 0 Å². The first-order valence-corrected chi connectivity index (χ1v) is 4.52. The number of hydrogen-bond acceptors (Lipinski definition) is 2. The smallest absolute Gasteiger partial charge is 0.407 e. The molecule has 3 heteroatoms. The SMILES string of the molecule is C=CC#CCCNC(=O)OC(C)(C)C. The Kier molecular flexibility index (Phi) is 5.47. The van der Waals surface area contributed by atoms with Crippen molar-refractivity contribution in [2.45, 2.75) is 32.8 Å². The van der Waals surface area contributed by atoms with Gasteiger partial charge in [0.05, 0.1) is 0 Å². The van der Waals surface area contributed by atoms with Crippen LogP contribution in [0, 0.1) is 11.8 Å². The molecule has 1 N–H and O–H groups in total. The minimum absolute atomic E-state index is 0.405. The second-order valence-corrected chi connectivity index (χ2v) is 3.70. The molecule has 0 unspecified atom stereocenters. The monoisotopic (exact) mass is 195 g/mol. The molecule has 0 aromatic heterocycles. The Morgan fingerprint density at radius 2 is 2.21 bits per heavy atom. The molecule has 0 saturated carbocycles. The molecule has 0 aliphatic carbocycles. The van der Waals surface area contributed by atoms with Gasteiger partial charge in [-0.3, -0.25) is 0 Å². The van der Waals surface area contributed by atoms with Crippen molar-refractivity contribution in [3.05, 3.63) is 12.7 Å². The number of allylic oxidation sites excluding steroid dienone is 1. The topological polar surface area (TPSA) is 38.3 Å². The minimum atomic E-state index is -0.448. The fourth-order valence-corrected chi connectivity index (χ4v) is 0.686. The largest absolute Gasteiger partial charge is 0.444 e. The van der Waals surface area contributed by atoms with E-state index in [9.17, 15) is 4.79 Å².